The number of aromatic nitrogens is 2. The molecule has 0 bridgehead atoms. The van der Waals surface area contributed by atoms with Gasteiger partial charge in [0.15, 0.2) is 0 Å². The lowest BCUT2D eigenvalue weighted by Gasteiger charge is -2.35. The van der Waals surface area contributed by atoms with Crippen molar-refractivity contribution in [2.75, 3.05) is 44.3 Å². The standard InChI is InChI=1S/C22H25N5O5S/c28-27(29)17-7-8-20(21(14-17)33(30,31)26-10-12-32-13-11-26)25-9-3-4-16(15-25)22-23-18-5-1-2-6-19(18)24-22/h1-2,5-8,14,16H,3-4,9-13,15H2,(H,23,24). The molecule has 3 heterocycles. The van der Waals surface area contributed by atoms with Crippen LogP contribution in [0.2, 0.25) is 0 Å². The van der Waals surface area contributed by atoms with Crippen LogP contribution in [-0.2, 0) is 14.8 Å². The lowest BCUT2D eigenvalue weighted by Crippen LogP contribution is -2.42. The Labute approximate surface area is 191 Å². The number of sulfonamides is 1. The number of nitrogens with one attached hydrogen (secondary N) is 1. The van der Waals surface area contributed by atoms with Crippen molar-refractivity contribution in [3.63, 3.8) is 0 Å². The molecule has 2 aliphatic heterocycles. The molecule has 0 amide bonds. The zero-order valence-corrected chi connectivity index (χ0v) is 18.8. The highest BCUT2D eigenvalue weighted by Crippen LogP contribution is 2.36. The molecule has 1 unspecified atom stereocenters. The SMILES string of the molecule is O=[N+]([O-])c1ccc(N2CCCC(c3nc4ccccc4[nH]3)C2)c(S(=O)(=O)N2CCOCC2)c1. The maximum absolute atomic E-state index is 13.5. The summed E-state index contributed by atoms with van der Waals surface area (Å²) >= 11 is 0. The van der Waals surface area contributed by atoms with Crippen LogP contribution in [0.5, 0.6) is 0 Å². The number of benzene rings is 2. The lowest BCUT2D eigenvalue weighted by atomic mass is 9.97. The molecule has 3 aromatic rings. The molecule has 0 radical (unpaired) electrons. The Morgan fingerprint density at radius 3 is 2.67 bits per heavy atom. The summed E-state index contributed by atoms with van der Waals surface area (Å²) in [4.78, 5) is 21.0. The number of hydrogen-bond acceptors (Lipinski definition) is 7. The van der Waals surface area contributed by atoms with Crippen LogP contribution in [0, 0.1) is 10.1 Å². The molecule has 2 aromatic carbocycles. The van der Waals surface area contributed by atoms with Gasteiger partial charge in [-0.3, -0.25) is 10.1 Å². The fourth-order valence-corrected chi connectivity index (χ4v) is 6.23. The first-order valence-electron chi connectivity index (χ1n) is 11.0. The first-order chi connectivity index (χ1) is 15.9. The zero-order valence-electron chi connectivity index (χ0n) is 18.0. The van der Waals surface area contributed by atoms with Crippen molar-refractivity contribution in [1.29, 1.82) is 0 Å². The molecule has 0 spiro atoms. The van der Waals surface area contributed by atoms with Gasteiger partial charge in [-0.05, 0) is 31.0 Å². The summed E-state index contributed by atoms with van der Waals surface area (Å²) in [6.07, 6.45) is 1.78. The predicted octanol–water partition coefficient (Wildman–Crippen LogP) is 2.88. The van der Waals surface area contributed by atoms with Crippen LogP contribution < -0.4 is 4.90 Å². The monoisotopic (exact) mass is 471 g/mol. The second-order valence-corrected chi connectivity index (χ2v) is 10.3. The molecule has 1 N–H and O–H groups in total. The van der Waals surface area contributed by atoms with E-state index in [9.17, 15) is 18.5 Å². The van der Waals surface area contributed by atoms with Gasteiger partial charge in [0.2, 0.25) is 10.0 Å². The fraction of sp³-hybridized carbons (Fsp3) is 0.409. The zero-order chi connectivity index (χ0) is 23.0. The number of anilines is 1. The molecular weight excluding hydrogens is 446 g/mol. The van der Waals surface area contributed by atoms with Crippen molar-refractivity contribution in [2.45, 2.75) is 23.7 Å². The van der Waals surface area contributed by atoms with Gasteiger partial charge in [-0.2, -0.15) is 4.31 Å². The number of aromatic amines is 1. The predicted molar refractivity (Wildman–Crippen MR) is 123 cm³/mol. The van der Waals surface area contributed by atoms with Gasteiger partial charge in [0.25, 0.3) is 5.69 Å². The van der Waals surface area contributed by atoms with Gasteiger partial charge < -0.3 is 14.6 Å². The number of rotatable bonds is 5. The third kappa shape index (κ3) is 4.19. The highest BCUT2D eigenvalue weighted by Gasteiger charge is 2.33. The number of non-ortho nitro benzene ring substituents is 1. The van der Waals surface area contributed by atoms with Crippen molar-refractivity contribution < 1.29 is 18.1 Å². The van der Waals surface area contributed by atoms with Crippen molar-refractivity contribution in [3.8, 4) is 0 Å². The molecule has 2 aliphatic rings. The third-order valence-electron chi connectivity index (χ3n) is 6.30. The maximum atomic E-state index is 13.5. The van der Waals surface area contributed by atoms with Crippen LogP contribution in [0.1, 0.15) is 24.6 Å². The first-order valence-corrected chi connectivity index (χ1v) is 12.4. The number of nitro groups is 1. The van der Waals surface area contributed by atoms with Gasteiger partial charge >= 0.3 is 0 Å². The number of ether oxygens (including phenoxy) is 1. The Balaban J connectivity index is 1.50. The molecule has 10 nitrogen and oxygen atoms in total. The second kappa shape index (κ2) is 8.73. The van der Waals surface area contributed by atoms with E-state index < -0.39 is 14.9 Å². The molecule has 0 aliphatic carbocycles. The van der Waals surface area contributed by atoms with E-state index in [0.717, 1.165) is 29.7 Å². The van der Waals surface area contributed by atoms with Gasteiger partial charge in [0.05, 0.1) is 34.9 Å². The van der Waals surface area contributed by atoms with E-state index in [1.807, 2.05) is 29.2 Å². The van der Waals surface area contributed by atoms with Crippen LogP contribution in [0.3, 0.4) is 0 Å². The Bertz CT molecular complexity index is 1250. The summed E-state index contributed by atoms with van der Waals surface area (Å²) in [7, 11) is -3.92. The van der Waals surface area contributed by atoms with Crippen molar-refractivity contribution in [1.82, 2.24) is 14.3 Å². The average Bonchev–Trinajstić information content (AvgIpc) is 3.29. The van der Waals surface area contributed by atoms with Crippen LogP contribution in [0.15, 0.2) is 47.4 Å². The average molecular weight is 472 g/mol. The van der Waals surface area contributed by atoms with E-state index in [0.29, 0.717) is 32.0 Å². The first kappa shape index (κ1) is 21.8. The Morgan fingerprint density at radius 2 is 1.91 bits per heavy atom. The highest BCUT2D eigenvalue weighted by molar-refractivity contribution is 7.89. The van der Waals surface area contributed by atoms with Gasteiger partial charge in [0, 0.05) is 44.2 Å². The Morgan fingerprint density at radius 1 is 1.12 bits per heavy atom. The molecule has 11 heteroatoms. The number of nitro benzene ring substituents is 1. The van der Waals surface area contributed by atoms with E-state index >= 15 is 0 Å². The quantitative estimate of drug-likeness (QED) is 0.448. The van der Waals surface area contributed by atoms with E-state index in [-0.39, 0.29) is 29.6 Å². The highest BCUT2D eigenvalue weighted by atomic mass is 32.2. The number of para-hydroxylation sites is 2. The minimum Gasteiger partial charge on any atom is -0.379 e. The number of imidazole rings is 1. The minimum absolute atomic E-state index is 0.0242. The van der Waals surface area contributed by atoms with Crippen LogP contribution >= 0.6 is 0 Å². The molecule has 2 fully saturated rings. The van der Waals surface area contributed by atoms with Gasteiger partial charge in [-0.15, -0.1) is 0 Å². The van der Waals surface area contributed by atoms with E-state index in [1.165, 1.54) is 16.4 Å². The number of fused-ring (bicyclic) bond motifs is 1. The summed E-state index contributed by atoms with van der Waals surface area (Å²) in [5.74, 6) is 0.973. The maximum Gasteiger partial charge on any atom is 0.270 e. The molecular formula is C22H25N5O5S. The summed E-state index contributed by atoms with van der Waals surface area (Å²) in [6, 6.07) is 12.0. The second-order valence-electron chi connectivity index (χ2n) is 8.35. The summed E-state index contributed by atoms with van der Waals surface area (Å²) < 4.78 is 33.6. The molecule has 0 saturated carbocycles. The van der Waals surface area contributed by atoms with Crippen molar-refractivity contribution in [3.05, 3.63) is 58.4 Å². The number of nitrogens with zero attached hydrogens (tertiary/aromatic N) is 4. The van der Waals surface area contributed by atoms with E-state index in [4.69, 9.17) is 9.72 Å². The van der Waals surface area contributed by atoms with Gasteiger partial charge in [-0.25, -0.2) is 13.4 Å². The van der Waals surface area contributed by atoms with Crippen LogP contribution in [-0.4, -0.2) is 67.0 Å². The van der Waals surface area contributed by atoms with Gasteiger partial charge in [0.1, 0.15) is 10.7 Å². The molecule has 1 atom stereocenters. The fourth-order valence-electron chi connectivity index (χ4n) is 4.60. The Kier molecular flexibility index (Phi) is 5.77. The smallest absolute Gasteiger partial charge is 0.270 e. The number of morpholine rings is 1. The molecule has 174 valence electrons. The third-order valence-corrected chi connectivity index (χ3v) is 8.23. The minimum atomic E-state index is -3.92. The molecule has 1 aromatic heterocycles. The lowest BCUT2D eigenvalue weighted by molar-refractivity contribution is -0.385. The Hall–Kier alpha value is -3.02. The van der Waals surface area contributed by atoms with Crippen LogP contribution in [0.25, 0.3) is 11.0 Å². The van der Waals surface area contributed by atoms with Crippen LogP contribution in [0.4, 0.5) is 11.4 Å². The molecule has 5 rings (SSSR count). The van der Waals surface area contributed by atoms with Gasteiger partial charge in [-0.1, -0.05) is 12.1 Å². The van der Waals surface area contributed by atoms with Crippen molar-refractivity contribution >= 4 is 32.4 Å². The molecule has 2 saturated heterocycles. The normalized spacial score (nSPS) is 20.2. The number of H-pyrrole nitrogens is 1. The summed E-state index contributed by atoms with van der Waals surface area (Å²) in [5, 5.41) is 11.4. The van der Waals surface area contributed by atoms with Crippen molar-refractivity contribution in [2.24, 2.45) is 0 Å². The summed E-state index contributed by atoms with van der Waals surface area (Å²) in [5.41, 5.74) is 2.12. The van der Waals surface area contributed by atoms with E-state index in [2.05, 4.69) is 4.98 Å². The number of hydrogen-bond donors (Lipinski definition) is 1. The summed E-state index contributed by atoms with van der Waals surface area (Å²) in [6.45, 7) is 2.31. The topological polar surface area (TPSA) is 122 Å². The number of piperidine rings is 1. The van der Waals surface area contributed by atoms with E-state index in [1.54, 1.807) is 6.07 Å². The molecule has 33 heavy (non-hydrogen) atoms. The largest absolute Gasteiger partial charge is 0.379 e.